The third-order valence-electron chi connectivity index (χ3n) is 4.39. The van der Waals surface area contributed by atoms with Crippen LogP contribution < -0.4 is 4.72 Å². The molecule has 24 heavy (non-hydrogen) atoms. The van der Waals surface area contributed by atoms with Gasteiger partial charge in [-0.2, -0.15) is 0 Å². The zero-order chi connectivity index (χ0) is 17.2. The lowest BCUT2D eigenvalue weighted by atomic mass is 10.0. The highest BCUT2D eigenvalue weighted by Gasteiger charge is 2.27. The highest BCUT2D eigenvalue weighted by atomic mass is 32.2. The third kappa shape index (κ3) is 4.00. The molecule has 1 unspecified atom stereocenters. The summed E-state index contributed by atoms with van der Waals surface area (Å²) in [6, 6.07) is 3.57. The molecule has 1 aliphatic rings. The predicted octanol–water partition coefficient (Wildman–Crippen LogP) is 2.35. The van der Waals surface area contributed by atoms with E-state index in [0.29, 0.717) is 4.21 Å². The Morgan fingerprint density at radius 1 is 1.29 bits per heavy atom. The Kier molecular flexibility index (Phi) is 5.29. The Labute approximate surface area is 147 Å². The maximum absolute atomic E-state index is 12.3. The van der Waals surface area contributed by atoms with Gasteiger partial charge >= 0.3 is 0 Å². The van der Waals surface area contributed by atoms with Crippen LogP contribution in [0.25, 0.3) is 0 Å². The number of aromatic nitrogens is 2. The maximum atomic E-state index is 12.3. The van der Waals surface area contributed by atoms with E-state index >= 15 is 0 Å². The number of sulfonamides is 1. The van der Waals surface area contributed by atoms with Gasteiger partial charge < -0.3 is 0 Å². The van der Waals surface area contributed by atoms with E-state index in [1.807, 2.05) is 13.1 Å². The molecule has 130 valence electrons. The lowest BCUT2D eigenvalue weighted by molar-refractivity contribution is 0.156. The van der Waals surface area contributed by atoms with Crippen molar-refractivity contribution in [2.75, 3.05) is 13.1 Å². The number of rotatable bonds is 5. The number of thiophene rings is 1. The van der Waals surface area contributed by atoms with Gasteiger partial charge in [0.2, 0.25) is 10.0 Å². The third-order valence-corrected chi connectivity index (χ3v) is 7.31. The molecule has 0 saturated carbocycles. The number of nitrogens with one attached hydrogen (secondary N) is 1. The van der Waals surface area contributed by atoms with Gasteiger partial charge in [0.1, 0.15) is 4.21 Å². The Bertz CT molecular complexity index is 752. The SMILES string of the molecule is Cc1cnc(C(C)N2CCC(NS(=O)(=O)c3cccs3)CC2)cn1. The minimum atomic E-state index is -3.38. The molecule has 2 aromatic rings. The van der Waals surface area contributed by atoms with E-state index < -0.39 is 10.0 Å². The molecule has 0 radical (unpaired) electrons. The van der Waals surface area contributed by atoms with Gasteiger partial charge in [0.25, 0.3) is 0 Å². The van der Waals surface area contributed by atoms with E-state index in [1.165, 1.54) is 11.3 Å². The summed E-state index contributed by atoms with van der Waals surface area (Å²) in [6.45, 7) is 5.73. The Morgan fingerprint density at radius 2 is 2.04 bits per heavy atom. The zero-order valence-corrected chi connectivity index (χ0v) is 15.5. The fraction of sp³-hybridized carbons (Fsp3) is 0.500. The number of nitrogens with zero attached hydrogens (tertiary/aromatic N) is 3. The fourth-order valence-electron chi connectivity index (χ4n) is 2.90. The van der Waals surface area contributed by atoms with Crippen molar-refractivity contribution in [3.05, 3.63) is 41.3 Å². The molecule has 6 nitrogen and oxygen atoms in total. The van der Waals surface area contributed by atoms with E-state index in [0.717, 1.165) is 37.3 Å². The molecule has 1 atom stereocenters. The van der Waals surface area contributed by atoms with E-state index in [-0.39, 0.29) is 12.1 Å². The van der Waals surface area contributed by atoms with Crippen molar-refractivity contribution in [2.24, 2.45) is 0 Å². The molecule has 1 aliphatic heterocycles. The minimum Gasteiger partial charge on any atom is -0.295 e. The summed E-state index contributed by atoms with van der Waals surface area (Å²) in [7, 11) is -3.38. The summed E-state index contributed by atoms with van der Waals surface area (Å²) in [5.74, 6) is 0. The number of piperidine rings is 1. The summed E-state index contributed by atoms with van der Waals surface area (Å²) < 4.78 is 27.8. The first-order valence-corrected chi connectivity index (χ1v) is 10.4. The molecule has 0 bridgehead atoms. The van der Waals surface area contributed by atoms with Gasteiger partial charge in [-0.25, -0.2) is 13.1 Å². The normalized spacial score (nSPS) is 18.6. The largest absolute Gasteiger partial charge is 0.295 e. The number of likely N-dealkylation sites (tertiary alicyclic amines) is 1. The first-order valence-electron chi connectivity index (χ1n) is 8.04. The zero-order valence-electron chi connectivity index (χ0n) is 13.8. The van der Waals surface area contributed by atoms with Crippen LogP contribution in [0.5, 0.6) is 0 Å². The number of aryl methyl sites for hydroxylation is 1. The Balaban J connectivity index is 1.57. The van der Waals surface area contributed by atoms with Crippen LogP contribution in [0, 0.1) is 6.92 Å². The lowest BCUT2D eigenvalue weighted by Crippen LogP contribution is -2.45. The molecule has 0 amide bonds. The molecular formula is C16H22N4O2S2. The van der Waals surface area contributed by atoms with Crippen LogP contribution in [0.4, 0.5) is 0 Å². The monoisotopic (exact) mass is 366 g/mol. The molecule has 1 fully saturated rings. The van der Waals surface area contributed by atoms with Crippen molar-refractivity contribution in [1.82, 2.24) is 19.6 Å². The van der Waals surface area contributed by atoms with Gasteiger partial charge in [0, 0.05) is 25.3 Å². The van der Waals surface area contributed by atoms with Crippen LogP contribution in [-0.4, -0.2) is 42.4 Å². The molecule has 3 rings (SSSR count). The van der Waals surface area contributed by atoms with Gasteiger partial charge in [-0.15, -0.1) is 11.3 Å². The topological polar surface area (TPSA) is 75.2 Å². The summed E-state index contributed by atoms with van der Waals surface area (Å²) in [5, 5.41) is 1.78. The van der Waals surface area contributed by atoms with Gasteiger partial charge in [-0.3, -0.25) is 14.9 Å². The quantitative estimate of drug-likeness (QED) is 0.879. The second-order valence-corrected chi connectivity index (χ2v) is 9.01. The summed E-state index contributed by atoms with van der Waals surface area (Å²) >= 11 is 1.25. The van der Waals surface area contributed by atoms with Crippen LogP contribution in [-0.2, 0) is 10.0 Å². The first kappa shape index (κ1) is 17.5. The van der Waals surface area contributed by atoms with Crippen LogP contribution in [0.15, 0.2) is 34.1 Å². The molecule has 0 spiro atoms. The maximum Gasteiger partial charge on any atom is 0.250 e. The highest BCUT2D eigenvalue weighted by molar-refractivity contribution is 7.91. The van der Waals surface area contributed by atoms with Gasteiger partial charge in [-0.1, -0.05) is 6.07 Å². The number of hydrogen-bond acceptors (Lipinski definition) is 6. The average Bonchev–Trinajstić information content (AvgIpc) is 3.11. The van der Waals surface area contributed by atoms with Crippen molar-refractivity contribution >= 4 is 21.4 Å². The summed E-state index contributed by atoms with van der Waals surface area (Å²) in [4.78, 5) is 11.1. The average molecular weight is 367 g/mol. The predicted molar refractivity (Wildman–Crippen MR) is 94.4 cm³/mol. The van der Waals surface area contributed by atoms with E-state index in [4.69, 9.17) is 0 Å². The van der Waals surface area contributed by atoms with E-state index in [9.17, 15) is 8.42 Å². The van der Waals surface area contributed by atoms with Crippen LogP contribution in [0.2, 0.25) is 0 Å². The molecule has 1 saturated heterocycles. The molecule has 1 N–H and O–H groups in total. The highest BCUT2D eigenvalue weighted by Crippen LogP contribution is 2.24. The van der Waals surface area contributed by atoms with Crippen molar-refractivity contribution < 1.29 is 8.42 Å². The minimum absolute atomic E-state index is 0.00958. The van der Waals surface area contributed by atoms with Gasteiger partial charge in [0.05, 0.1) is 23.6 Å². The smallest absolute Gasteiger partial charge is 0.250 e. The van der Waals surface area contributed by atoms with Crippen molar-refractivity contribution in [2.45, 2.75) is 43.0 Å². The molecule has 3 heterocycles. The second-order valence-electron chi connectivity index (χ2n) is 6.12. The van der Waals surface area contributed by atoms with E-state index in [2.05, 4.69) is 26.5 Å². The lowest BCUT2D eigenvalue weighted by Gasteiger charge is -2.35. The second kappa shape index (κ2) is 7.26. The first-order chi connectivity index (χ1) is 11.5. The van der Waals surface area contributed by atoms with Crippen LogP contribution in [0.1, 0.15) is 37.2 Å². The van der Waals surface area contributed by atoms with Gasteiger partial charge in [-0.05, 0) is 38.1 Å². The Morgan fingerprint density at radius 3 is 2.62 bits per heavy atom. The fourth-order valence-corrected chi connectivity index (χ4v) is 5.22. The summed E-state index contributed by atoms with van der Waals surface area (Å²) in [5.41, 5.74) is 1.87. The molecule has 0 aliphatic carbocycles. The molecule has 8 heteroatoms. The van der Waals surface area contributed by atoms with Crippen molar-refractivity contribution in [1.29, 1.82) is 0 Å². The van der Waals surface area contributed by atoms with Crippen LogP contribution >= 0.6 is 11.3 Å². The molecule has 2 aromatic heterocycles. The standard InChI is InChI=1S/C16H22N4O2S2/c1-12-10-18-15(11-17-12)13(2)20-7-5-14(6-8-20)19-24(21,22)16-4-3-9-23-16/h3-4,9-11,13-14,19H,5-8H2,1-2H3. The number of hydrogen-bond donors (Lipinski definition) is 1. The summed E-state index contributed by atoms with van der Waals surface area (Å²) in [6.07, 6.45) is 5.21. The molecule has 0 aromatic carbocycles. The van der Waals surface area contributed by atoms with E-state index in [1.54, 1.807) is 23.7 Å². The van der Waals surface area contributed by atoms with Gasteiger partial charge in [0.15, 0.2) is 0 Å². The van der Waals surface area contributed by atoms with Crippen LogP contribution in [0.3, 0.4) is 0 Å². The molecular weight excluding hydrogens is 344 g/mol. The van der Waals surface area contributed by atoms with Crippen molar-refractivity contribution in [3.8, 4) is 0 Å². The Hall–Kier alpha value is -1.35. The van der Waals surface area contributed by atoms with Crippen molar-refractivity contribution in [3.63, 3.8) is 0 Å².